The standard InChI is InChI=1S/C44H50N2O3/c47-41(13-7-23-45-25-19-35(20-26-45)29-33-9-3-1-4-10-33)37-15-17-43-39(31-37)40-32-38(16-18-44(40)49-43)42(48)14-8-24-46-27-21-36(22-28-46)30-34-11-5-2-6-12-34/h1-6,9-12,15-18,31-32,35-36H,7-8,13-14,19-30H2. The molecule has 0 spiro atoms. The third-order valence-corrected chi connectivity index (χ3v) is 11.0. The minimum Gasteiger partial charge on any atom is -0.456 e. The molecule has 5 aromatic rings. The van der Waals surface area contributed by atoms with Gasteiger partial charge in [-0.3, -0.25) is 9.59 Å². The number of piperidine rings is 2. The molecular weight excluding hydrogens is 604 g/mol. The molecule has 0 N–H and O–H groups in total. The Hall–Kier alpha value is -4.06. The molecule has 4 aromatic carbocycles. The van der Waals surface area contributed by atoms with E-state index in [0.29, 0.717) is 12.8 Å². The number of fused-ring (bicyclic) bond motifs is 3. The summed E-state index contributed by atoms with van der Waals surface area (Å²) in [6.07, 6.45) is 10.1. The molecule has 1 aromatic heterocycles. The number of hydrogen-bond donors (Lipinski definition) is 0. The largest absolute Gasteiger partial charge is 0.456 e. The second-order valence-corrected chi connectivity index (χ2v) is 14.5. The normalized spacial score (nSPS) is 16.8. The number of furan rings is 1. The Morgan fingerprint density at radius 2 is 0.959 bits per heavy atom. The van der Waals surface area contributed by atoms with Crippen LogP contribution in [-0.4, -0.2) is 60.6 Å². The first-order valence-electron chi connectivity index (χ1n) is 18.6. The Kier molecular flexibility index (Phi) is 11.0. The fourth-order valence-electron chi connectivity index (χ4n) is 8.06. The molecular formula is C44H50N2O3. The van der Waals surface area contributed by atoms with E-state index in [2.05, 4.69) is 70.5 Å². The maximum Gasteiger partial charge on any atom is 0.162 e. The third kappa shape index (κ3) is 8.76. The van der Waals surface area contributed by atoms with Gasteiger partial charge >= 0.3 is 0 Å². The Morgan fingerprint density at radius 1 is 0.551 bits per heavy atom. The first-order valence-corrected chi connectivity index (χ1v) is 18.6. The molecule has 0 unspecified atom stereocenters. The lowest BCUT2D eigenvalue weighted by atomic mass is 9.90. The van der Waals surface area contributed by atoms with Crippen LogP contribution < -0.4 is 0 Å². The van der Waals surface area contributed by atoms with Gasteiger partial charge in [0.25, 0.3) is 0 Å². The zero-order valence-corrected chi connectivity index (χ0v) is 28.8. The van der Waals surface area contributed by atoms with Gasteiger partial charge in [0.1, 0.15) is 11.2 Å². The van der Waals surface area contributed by atoms with E-state index < -0.39 is 0 Å². The molecule has 0 atom stereocenters. The molecule has 2 aliphatic rings. The quantitative estimate of drug-likeness (QED) is 0.112. The highest BCUT2D eigenvalue weighted by molar-refractivity contribution is 6.10. The molecule has 5 nitrogen and oxygen atoms in total. The number of likely N-dealkylation sites (tertiary alicyclic amines) is 2. The number of nitrogens with zero attached hydrogens (tertiary/aromatic N) is 2. The SMILES string of the molecule is O=C(CCCN1CCC(Cc2ccccc2)CC1)c1ccc2oc3ccc(C(=O)CCCN4CCC(Cc5ccccc5)CC4)cc3c2c1. The topological polar surface area (TPSA) is 53.8 Å². The van der Waals surface area contributed by atoms with Crippen LogP contribution in [-0.2, 0) is 12.8 Å². The molecule has 254 valence electrons. The lowest BCUT2D eigenvalue weighted by Gasteiger charge is -2.32. The summed E-state index contributed by atoms with van der Waals surface area (Å²) in [4.78, 5) is 31.6. The maximum absolute atomic E-state index is 13.3. The second-order valence-electron chi connectivity index (χ2n) is 14.5. The van der Waals surface area contributed by atoms with Crippen LogP contribution >= 0.6 is 0 Å². The van der Waals surface area contributed by atoms with Gasteiger partial charge in [0.15, 0.2) is 11.6 Å². The molecule has 0 saturated carbocycles. The summed E-state index contributed by atoms with van der Waals surface area (Å²) in [6.45, 7) is 6.42. The zero-order chi connectivity index (χ0) is 33.4. The van der Waals surface area contributed by atoms with Crippen molar-refractivity contribution >= 4 is 33.5 Å². The summed E-state index contributed by atoms with van der Waals surface area (Å²) < 4.78 is 6.10. The maximum atomic E-state index is 13.3. The lowest BCUT2D eigenvalue weighted by Crippen LogP contribution is -2.35. The third-order valence-electron chi connectivity index (χ3n) is 11.0. The Bertz CT molecular complexity index is 1700. The van der Waals surface area contributed by atoms with Crippen molar-refractivity contribution in [2.45, 2.75) is 64.2 Å². The Labute approximate surface area is 291 Å². The number of Topliss-reactive ketones (excluding diaryl/α,β-unsaturated/α-hetero) is 2. The molecule has 2 fully saturated rings. The van der Waals surface area contributed by atoms with Gasteiger partial charge in [-0.15, -0.1) is 0 Å². The van der Waals surface area contributed by atoms with Crippen LogP contribution in [0.4, 0.5) is 0 Å². The summed E-state index contributed by atoms with van der Waals surface area (Å²) in [5, 5.41) is 1.82. The van der Waals surface area contributed by atoms with Crippen molar-refractivity contribution in [3.63, 3.8) is 0 Å². The summed E-state index contributed by atoms with van der Waals surface area (Å²) in [6, 6.07) is 33.2. The molecule has 7 rings (SSSR count). The van der Waals surface area contributed by atoms with Gasteiger partial charge in [0, 0.05) is 34.7 Å². The van der Waals surface area contributed by atoms with Crippen LogP contribution in [0, 0.1) is 11.8 Å². The lowest BCUT2D eigenvalue weighted by molar-refractivity contribution is 0.0962. The zero-order valence-electron chi connectivity index (χ0n) is 28.8. The Morgan fingerprint density at radius 3 is 1.37 bits per heavy atom. The summed E-state index contributed by atoms with van der Waals surface area (Å²) in [5.41, 5.74) is 5.83. The van der Waals surface area contributed by atoms with Crippen LogP contribution in [0.2, 0.25) is 0 Å². The van der Waals surface area contributed by atoms with Crippen molar-refractivity contribution in [3.8, 4) is 0 Å². The molecule has 49 heavy (non-hydrogen) atoms. The fraction of sp³-hybridized carbons (Fsp3) is 0.409. The predicted molar refractivity (Wildman–Crippen MR) is 199 cm³/mol. The van der Waals surface area contributed by atoms with Crippen LogP contribution in [0.5, 0.6) is 0 Å². The van der Waals surface area contributed by atoms with Crippen molar-refractivity contribution in [3.05, 3.63) is 119 Å². The first kappa shape index (κ1) is 33.4. The van der Waals surface area contributed by atoms with Gasteiger partial charge in [-0.1, -0.05) is 60.7 Å². The van der Waals surface area contributed by atoms with Crippen molar-refractivity contribution < 1.29 is 14.0 Å². The van der Waals surface area contributed by atoms with Gasteiger partial charge < -0.3 is 14.2 Å². The highest BCUT2D eigenvalue weighted by Crippen LogP contribution is 2.31. The van der Waals surface area contributed by atoms with E-state index in [4.69, 9.17) is 4.42 Å². The molecule has 2 saturated heterocycles. The van der Waals surface area contributed by atoms with Gasteiger partial charge in [-0.25, -0.2) is 0 Å². The van der Waals surface area contributed by atoms with E-state index in [1.165, 1.54) is 49.7 Å². The van der Waals surface area contributed by atoms with E-state index in [1.54, 1.807) is 0 Å². The van der Waals surface area contributed by atoms with E-state index in [0.717, 1.165) is 97.0 Å². The first-order chi connectivity index (χ1) is 24.1. The summed E-state index contributed by atoms with van der Waals surface area (Å²) >= 11 is 0. The van der Waals surface area contributed by atoms with E-state index in [9.17, 15) is 9.59 Å². The number of carbonyl (C=O) groups excluding carboxylic acids is 2. The molecule has 0 bridgehead atoms. The average Bonchev–Trinajstić information content (AvgIpc) is 3.51. The smallest absolute Gasteiger partial charge is 0.162 e. The van der Waals surface area contributed by atoms with Crippen LogP contribution in [0.1, 0.15) is 83.2 Å². The number of hydrogen-bond acceptors (Lipinski definition) is 5. The highest BCUT2D eigenvalue weighted by atomic mass is 16.3. The van der Waals surface area contributed by atoms with E-state index >= 15 is 0 Å². The molecule has 0 aliphatic carbocycles. The Balaban J connectivity index is 0.873. The fourth-order valence-corrected chi connectivity index (χ4v) is 8.06. The van der Waals surface area contributed by atoms with E-state index in [-0.39, 0.29) is 11.6 Å². The van der Waals surface area contributed by atoms with Gasteiger partial charge in [-0.2, -0.15) is 0 Å². The molecule has 3 heterocycles. The molecule has 2 aliphatic heterocycles. The van der Waals surface area contributed by atoms with Gasteiger partial charge in [0.2, 0.25) is 0 Å². The highest BCUT2D eigenvalue weighted by Gasteiger charge is 2.21. The minimum atomic E-state index is 0.173. The number of carbonyl (C=O) groups is 2. The number of rotatable bonds is 14. The van der Waals surface area contributed by atoms with Crippen LogP contribution in [0.25, 0.3) is 21.9 Å². The minimum absolute atomic E-state index is 0.173. The van der Waals surface area contributed by atoms with Crippen molar-refractivity contribution in [1.82, 2.24) is 9.80 Å². The monoisotopic (exact) mass is 654 g/mol. The predicted octanol–water partition coefficient (Wildman–Crippen LogP) is 9.42. The second kappa shape index (κ2) is 16.1. The van der Waals surface area contributed by atoms with Gasteiger partial charge in [-0.05, 0) is 150 Å². The number of ketones is 2. The molecule has 5 heteroatoms. The van der Waals surface area contributed by atoms with Gasteiger partial charge in [0.05, 0.1) is 0 Å². The van der Waals surface area contributed by atoms with E-state index in [1.807, 2.05) is 36.4 Å². The van der Waals surface area contributed by atoms with Crippen molar-refractivity contribution in [1.29, 1.82) is 0 Å². The van der Waals surface area contributed by atoms with Crippen LogP contribution in [0.15, 0.2) is 101 Å². The summed E-state index contributed by atoms with van der Waals surface area (Å²) in [7, 11) is 0. The number of benzene rings is 4. The summed E-state index contributed by atoms with van der Waals surface area (Å²) in [5.74, 6) is 1.86. The molecule has 0 amide bonds. The van der Waals surface area contributed by atoms with Crippen LogP contribution in [0.3, 0.4) is 0 Å². The van der Waals surface area contributed by atoms with Crippen molar-refractivity contribution in [2.75, 3.05) is 39.3 Å². The van der Waals surface area contributed by atoms with Crippen molar-refractivity contribution in [2.24, 2.45) is 11.8 Å². The average molecular weight is 655 g/mol. The molecule has 0 radical (unpaired) electrons.